The van der Waals surface area contributed by atoms with E-state index in [1.165, 1.54) is 19.3 Å². The first-order valence-electron chi connectivity index (χ1n) is 4.74. The molecule has 0 saturated heterocycles. The minimum atomic E-state index is -0.625. The van der Waals surface area contributed by atoms with E-state index in [2.05, 4.69) is 12.2 Å². The summed E-state index contributed by atoms with van der Waals surface area (Å²) in [6.45, 7) is 2.19. The maximum absolute atomic E-state index is 10.8. The van der Waals surface area contributed by atoms with Crippen LogP contribution in [0.25, 0.3) is 0 Å². The molecule has 72 valence electrons. The van der Waals surface area contributed by atoms with Crippen molar-refractivity contribution in [3.05, 3.63) is 0 Å². The van der Waals surface area contributed by atoms with E-state index in [0.29, 0.717) is 6.04 Å². The molecule has 0 bridgehead atoms. The van der Waals surface area contributed by atoms with E-state index in [1.54, 1.807) is 6.26 Å². The van der Waals surface area contributed by atoms with Gasteiger partial charge in [0.15, 0.2) is 0 Å². The van der Waals surface area contributed by atoms with Gasteiger partial charge in [0.25, 0.3) is 0 Å². The van der Waals surface area contributed by atoms with Gasteiger partial charge in [-0.1, -0.05) is 6.42 Å². The summed E-state index contributed by atoms with van der Waals surface area (Å²) >= 11 is 0. The van der Waals surface area contributed by atoms with E-state index < -0.39 is 10.8 Å². The van der Waals surface area contributed by atoms with Crippen molar-refractivity contribution in [3.63, 3.8) is 0 Å². The van der Waals surface area contributed by atoms with Crippen LogP contribution in [0.2, 0.25) is 0 Å². The summed E-state index contributed by atoms with van der Waals surface area (Å²) < 4.78 is 10.8. The van der Waals surface area contributed by atoms with Gasteiger partial charge in [-0.2, -0.15) is 0 Å². The summed E-state index contributed by atoms with van der Waals surface area (Å²) in [5, 5.41) is 3.54. The lowest BCUT2D eigenvalue weighted by Gasteiger charge is -2.29. The number of rotatable bonds is 5. The molecule has 0 heterocycles. The van der Waals surface area contributed by atoms with Crippen molar-refractivity contribution in [2.45, 2.75) is 44.7 Å². The highest BCUT2D eigenvalue weighted by Gasteiger charge is 2.18. The highest BCUT2D eigenvalue weighted by molar-refractivity contribution is 7.84. The molecule has 2 unspecified atom stereocenters. The van der Waals surface area contributed by atoms with Crippen molar-refractivity contribution in [1.29, 1.82) is 0 Å². The fourth-order valence-corrected chi connectivity index (χ4v) is 2.09. The van der Waals surface area contributed by atoms with Gasteiger partial charge in [0, 0.05) is 34.9 Å². The predicted molar refractivity (Wildman–Crippen MR) is 53.8 cm³/mol. The summed E-state index contributed by atoms with van der Waals surface area (Å²) in [7, 11) is -0.625. The van der Waals surface area contributed by atoms with Crippen molar-refractivity contribution in [3.8, 4) is 0 Å². The molecule has 12 heavy (non-hydrogen) atoms. The summed E-state index contributed by atoms with van der Waals surface area (Å²) in [4.78, 5) is 0. The fraction of sp³-hybridized carbons (Fsp3) is 1.00. The van der Waals surface area contributed by atoms with Gasteiger partial charge in [0.05, 0.1) is 0 Å². The largest absolute Gasteiger partial charge is 0.311 e. The Morgan fingerprint density at radius 3 is 2.67 bits per heavy atom. The van der Waals surface area contributed by atoms with Gasteiger partial charge in [-0.05, 0) is 26.2 Å². The SMILES string of the molecule is CC(CCS(C)=O)NC1CCC1. The van der Waals surface area contributed by atoms with Gasteiger partial charge >= 0.3 is 0 Å². The van der Waals surface area contributed by atoms with E-state index in [0.717, 1.165) is 18.2 Å². The lowest BCUT2D eigenvalue weighted by atomic mass is 9.92. The molecule has 0 aromatic carbocycles. The van der Waals surface area contributed by atoms with Crippen LogP contribution >= 0.6 is 0 Å². The molecule has 2 nitrogen and oxygen atoms in total. The van der Waals surface area contributed by atoms with Crippen LogP contribution < -0.4 is 5.32 Å². The molecule has 1 aliphatic carbocycles. The normalized spacial score (nSPS) is 23.2. The van der Waals surface area contributed by atoms with Crippen molar-refractivity contribution in [1.82, 2.24) is 5.32 Å². The van der Waals surface area contributed by atoms with Crippen LogP contribution in [0.15, 0.2) is 0 Å². The van der Waals surface area contributed by atoms with Gasteiger partial charge in [-0.15, -0.1) is 0 Å². The average Bonchev–Trinajstić information content (AvgIpc) is 1.93. The Balaban J connectivity index is 2.02. The molecule has 0 amide bonds. The Bertz CT molecular complexity index is 157. The van der Waals surface area contributed by atoms with Gasteiger partial charge in [-0.25, -0.2) is 0 Å². The highest BCUT2D eigenvalue weighted by atomic mass is 32.2. The topological polar surface area (TPSA) is 29.1 Å². The Morgan fingerprint density at radius 1 is 1.58 bits per heavy atom. The van der Waals surface area contributed by atoms with Crippen molar-refractivity contribution in [2.75, 3.05) is 12.0 Å². The second-order valence-corrected chi connectivity index (χ2v) is 5.32. The predicted octanol–water partition coefficient (Wildman–Crippen LogP) is 1.29. The van der Waals surface area contributed by atoms with Crippen LogP contribution in [0.3, 0.4) is 0 Å². The molecule has 1 N–H and O–H groups in total. The second-order valence-electron chi connectivity index (χ2n) is 3.76. The van der Waals surface area contributed by atoms with Gasteiger partial charge in [0.1, 0.15) is 0 Å². The smallest absolute Gasteiger partial charge is 0.0246 e. The Morgan fingerprint density at radius 2 is 2.25 bits per heavy atom. The maximum Gasteiger partial charge on any atom is 0.0246 e. The van der Waals surface area contributed by atoms with Gasteiger partial charge in [0.2, 0.25) is 0 Å². The van der Waals surface area contributed by atoms with Crippen molar-refractivity contribution in [2.24, 2.45) is 0 Å². The summed E-state index contributed by atoms with van der Waals surface area (Å²) in [5.74, 6) is 0.834. The molecular weight excluding hydrogens is 170 g/mol. The van der Waals surface area contributed by atoms with Crippen molar-refractivity contribution >= 4 is 10.8 Å². The van der Waals surface area contributed by atoms with Gasteiger partial charge < -0.3 is 5.32 Å². The van der Waals surface area contributed by atoms with E-state index in [4.69, 9.17) is 0 Å². The summed E-state index contributed by atoms with van der Waals surface area (Å²) in [5.41, 5.74) is 0. The molecule has 0 radical (unpaired) electrons. The third-order valence-corrected chi connectivity index (χ3v) is 3.27. The molecule has 1 aliphatic rings. The van der Waals surface area contributed by atoms with E-state index in [1.807, 2.05) is 0 Å². The van der Waals surface area contributed by atoms with Crippen LogP contribution in [0, 0.1) is 0 Å². The molecule has 2 atom stereocenters. The number of hydrogen-bond acceptors (Lipinski definition) is 2. The monoisotopic (exact) mass is 189 g/mol. The quantitative estimate of drug-likeness (QED) is 0.706. The minimum absolute atomic E-state index is 0.541. The van der Waals surface area contributed by atoms with Crippen molar-refractivity contribution < 1.29 is 4.21 Å². The number of nitrogens with one attached hydrogen (secondary N) is 1. The maximum atomic E-state index is 10.8. The molecule has 0 aliphatic heterocycles. The zero-order valence-corrected chi connectivity index (χ0v) is 8.82. The molecule has 1 saturated carbocycles. The lowest BCUT2D eigenvalue weighted by molar-refractivity contribution is 0.308. The van der Waals surface area contributed by atoms with E-state index in [-0.39, 0.29) is 0 Å². The van der Waals surface area contributed by atoms with Crippen LogP contribution in [-0.2, 0) is 10.8 Å². The van der Waals surface area contributed by atoms with Crippen LogP contribution in [0.5, 0.6) is 0 Å². The molecular formula is C9H19NOS. The van der Waals surface area contributed by atoms with E-state index in [9.17, 15) is 4.21 Å². The average molecular weight is 189 g/mol. The summed E-state index contributed by atoms with van der Waals surface area (Å²) in [6, 6.07) is 1.30. The molecule has 1 fully saturated rings. The van der Waals surface area contributed by atoms with Crippen LogP contribution in [-0.4, -0.2) is 28.3 Å². The first-order chi connectivity index (χ1) is 5.68. The molecule has 1 rings (SSSR count). The van der Waals surface area contributed by atoms with Gasteiger partial charge in [-0.3, -0.25) is 4.21 Å². The first-order valence-corrected chi connectivity index (χ1v) is 6.47. The molecule has 0 aromatic heterocycles. The lowest BCUT2D eigenvalue weighted by Crippen LogP contribution is -2.41. The van der Waals surface area contributed by atoms with E-state index >= 15 is 0 Å². The first kappa shape index (κ1) is 10.2. The Hall–Kier alpha value is 0.110. The third kappa shape index (κ3) is 3.68. The molecule has 3 heteroatoms. The summed E-state index contributed by atoms with van der Waals surface area (Å²) in [6.07, 6.45) is 6.86. The van der Waals surface area contributed by atoms with Crippen LogP contribution in [0.4, 0.5) is 0 Å². The third-order valence-electron chi connectivity index (χ3n) is 2.46. The highest BCUT2D eigenvalue weighted by Crippen LogP contribution is 2.18. The molecule has 0 aromatic rings. The zero-order valence-electron chi connectivity index (χ0n) is 8.01. The second kappa shape index (κ2) is 4.97. The number of hydrogen-bond donors (Lipinski definition) is 1. The zero-order chi connectivity index (χ0) is 8.97. The minimum Gasteiger partial charge on any atom is -0.311 e. The fourth-order valence-electron chi connectivity index (χ4n) is 1.40. The Kier molecular flexibility index (Phi) is 4.22. The molecule has 0 spiro atoms. The standard InChI is InChI=1S/C9H19NOS/c1-8(6-7-12(2)11)10-9-4-3-5-9/h8-10H,3-7H2,1-2H3. The van der Waals surface area contributed by atoms with Crippen LogP contribution in [0.1, 0.15) is 32.6 Å². The Labute approximate surface area is 77.6 Å².